The van der Waals surface area contributed by atoms with Gasteiger partial charge in [0.25, 0.3) is 0 Å². The molecule has 0 aliphatic heterocycles. The molecule has 0 aromatic carbocycles. The third kappa shape index (κ3) is 3.22. The van der Waals surface area contributed by atoms with Crippen LogP contribution in [-0.2, 0) is 9.53 Å². The molecule has 18 heavy (non-hydrogen) atoms. The smallest absolute Gasteiger partial charge is 0.170 e. The SMILES string of the molecule is CCOC1=C(C(O)C=C(C)C)C(=O)C(C)(C)CC1. The van der Waals surface area contributed by atoms with Gasteiger partial charge in [0.05, 0.1) is 12.2 Å². The first-order valence-electron chi connectivity index (χ1n) is 6.53. The van der Waals surface area contributed by atoms with Crippen molar-refractivity contribution in [2.45, 2.75) is 53.6 Å². The Bertz CT molecular complexity index is 385. The lowest BCUT2D eigenvalue weighted by Crippen LogP contribution is -2.35. The number of carbonyl (C=O) groups is 1. The summed E-state index contributed by atoms with van der Waals surface area (Å²) >= 11 is 0. The Hall–Kier alpha value is -1.09. The quantitative estimate of drug-likeness (QED) is 0.782. The van der Waals surface area contributed by atoms with Gasteiger partial charge in [0.1, 0.15) is 11.9 Å². The number of hydrogen-bond donors (Lipinski definition) is 1. The molecule has 102 valence electrons. The summed E-state index contributed by atoms with van der Waals surface area (Å²) in [5.41, 5.74) is 1.02. The zero-order chi connectivity index (χ0) is 13.9. The number of carbonyl (C=O) groups excluding carboxylic acids is 1. The highest BCUT2D eigenvalue weighted by Crippen LogP contribution is 2.37. The molecule has 1 unspecified atom stereocenters. The molecule has 0 saturated carbocycles. The van der Waals surface area contributed by atoms with Gasteiger partial charge < -0.3 is 9.84 Å². The first kappa shape index (κ1) is 15.0. The monoisotopic (exact) mass is 252 g/mol. The van der Waals surface area contributed by atoms with E-state index in [1.54, 1.807) is 6.08 Å². The lowest BCUT2D eigenvalue weighted by molar-refractivity contribution is -0.125. The van der Waals surface area contributed by atoms with Crippen molar-refractivity contribution in [1.82, 2.24) is 0 Å². The van der Waals surface area contributed by atoms with E-state index in [4.69, 9.17) is 4.74 Å². The highest BCUT2D eigenvalue weighted by molar-refractivity contribution is 6.01. The topological polar surface area (TPSA) is 46.5 Å². The van der Waals surface area contributed by atoms with Crippen LogP contribution in [0.1, 0.15) is 47.5 Å². The predicted octanol–water partition coefficient (Wildman–Crippen LogP) is 2.99. The summed E-state index contributed by atoms with van der Waals surface area (Å²) in [6.45, 7) is 10.1. The normalized spacial score (nSPS) is 20.7. The summed E-state index contributed by atoms with van der Waals surface area (Å²) in [6, 6.07) is 0. The number of ether oxygens (including phenoxy) is 1. The van der Waals surface area contributed by atoms with Gasteiger partial charge in [-0.05, 0) is 27.2 Å². The van der Waals surface area contributed by atoms with Gasteiger partial charge in [-0.25, -0.2) is 0 Å². The van der Waals surface area contributed by atoms with Crippen molar-refractivity contribution >= 4 is 5.78 Å². The largest absolute Gasteiger partial charge is 0.498 e. The molecule has 3 nitrogen and oxygen atoms in total. The molecule has 0 aromatic rings. The van der Waals surface area contributed by atoms with Crippen LogP contribution in [0.15, 0.2) is 23.0 Å². The van der Waals surface area contributed by atoms with Gasteiger partial charge >= 0.3 is 0 Å². The van der Waals surface area contributed by atoms with Gasteiger partial charge in [-0.15, -0.1) is 0 Å². The van der Waals surface area contributed by atoms with E-state index in [2.05, 4.69) is 0 Å². The van der Waals surface area contributed by atoms with Crippen LogP contribution in [0.2, 0.25) is 0 Å². The molecular weight excluding hydrogens is 228 g/mol. The number of ketones is 1. The molecule has 1 N–H and O–H groups in total. The summed E-state index contributed by atoms with van der Waals surface area (Å²) in [4.78, 5) is 12.4. The van der Waals surface area contributed by atoms with E-state index in [1.807, 2.05) is 34.6 Å². The van der Waals surface area contributed by atoms with Crippen molar-refractivity contribution in [1.29, 1.82) is 0 Å². The molecule has 3 heteroatoms. The maximum atomic E-state index is 12.4. The number of allylic oxidation sites excluding steroid dienone is 2. The third-order valence-corrected chi connectivity index (χ3v) is 3.24. The van der Waals surface area contributed by atoms with Crippen LogP contribution < -0.4 is 0 Å². The lowest BCUT2D eigenvalue weighted by Gasteiger charge is -2.32. The van der Waals surface area contributed by atoms with Crippen molar-refractivity contribution in [3.8, 4) is 0 Å². The molecule has 1 aliphatic carbocycles. The number of aliphatic hydroxyl groups excluding tert-OH is 1. The molecule has 0 saturated heterocycles. The maximum absolute atomic E-state index is 12.4. The lowest BCUT2D eigenvalue weighted by atomic mass is 9.74. The third-order valence-electron chi connectivity index (χ3n) is 3.24. The summed E-state index contributed by atoms with van der Waals surface area (Å²) in [5.74, 6) is 0.661. The number of aliphatic hydroxyl groups is 1. The average molecular weight is 252 g/mol. The second kappa shape index (κ2) is 5.70. The van der Waals surface area contributed by atoms with E-state index < -0.39 is 11.5 Å². The van der Waals surface area contributed by atoms with Gasteiger partial charge in [-0.3, -0.25) is 4.79 Å². The van der Waals surface area contributed by atoms with Crippen LogP contribution in [0, 0.1) is 5.41 Å². The van der Waals surface area contributed by atoms with Crippen LogP contribution in [0.5, 0.6) is 0 Å². The maximum Gasteiger partial charge on any atom is 0.170 e. The van der Waals surface area contributed by atoms with Crippen LogP contribution in [0.25, 0.3) is 0 Å². The minimum atomic E-state index is -0.858. The molecule has 0 amide bonds. The Morgan fingerprint density at radius 1 is 1.50 bits per heavy atom. The zero-order valence-corrected chi connectivity index (χ0v) is 12.0. The first-order valence-corrected chi connectivity index (χ1v) is 6.53. The van der Waals surface area contributed by atoms with Gasteiger partial charge in [0.2, 0.25) is 0 Å². The van der Waals surface area contributed by atoms with Crippen molar-refractivity contribution in [2.24, 2.45) is 5.41 Å². The zero-order valence-electron chi connectivity index (χ0n) is 12.0. The Balaban J connectivity index is 3.18. The van der Waals surface area contributed by atoms with Crippen LogP contribution in [0.3, 0.4) is 0 Å². The molecule has 0 bridgehead atoms. The van der Waals surface area contributed by atoms with Crippen molar-refractivity contribution < 1.29 is 14.6 Å². The summed E-state index contributed by atoms with van der Waals surface area (Å²) in [5, 5.41) is 10.2. The standard InChI is InChI=1S/C15H24O3/c1-6-18-12-7-8-15(4,5)14(17)13(12)11(16)9-10(2)3/h9,11,16H,6-8H2,1-5H3. The fourth-order valence-electron chi connectivity index (χ4n) is 2.19. The van der Waals surface area contributed by atoms with Crippen LogP contribution in [0.4, 0.5) is 0 Å². The second-order valence-electron chi connectivity index (χ2n) is 5.67. The predicted molar refractivity (Wildman–Crippen MR) is 72.1 cm³/mol. The summed E-state index contributed by atoms with van der Waals surface area (Å²) in [7, 11) is 0. The van der Waals surface area contributed by atoms with E-state index in [-0.39, 0.29) is 5.78 Å². The minimum absolute atomic E-state index is 0.00204. The van der Waals surface area contributed by atoms with Crippen molar-refractivity contribution in [2.75, 3.05) is 6.61 Å². The second-order valence-corrected chi connectivity index (χ2v) is 5.67. The molecule has 0 aromatic heterocycles. The van der Waals surface area contributed by atoms with Crippen LogP contribution in [-0.4, -0.2) is 23.6 Å². The average Bonchev–Trinajstić information content (AvgIpc) is 2.23. The van der Waals surface area contributed by atoms with E-state index in [1.165, 1.54) is 0 Å². The minimum Gasteiger partial charge on any atom is -0.498 e. The highest BCUT2D eigenvalue weighted by Gasteiger charge is 2.39. The van der Waals surface area contributed by atoms with Gasteiger partial charge in [-0.2, -0.15) is 0 Å². The first-order chi connectivity index (χ1) is 8.29. The molecule has 0 radical (unpaired) electrons. The molecule has 0 spiro atoms. The van der Waals surface area contributed by atoms with Crippen molar-refractivity contribution in [3.05, 3.63) is 23.0 Å². The molecular formula is C15H24O3. The van der Waals surface area contributed by atoms with Crippen molar-refractivity contribution in [3.63, 3.8) is 0 Å². The highest BCUT2D eigenvalue weighted by atomic mass is 16.5. The Kier molecular flexibility index (Phi) is 4.74. The van der Waals surface area contributed by atoms with Gasteiger partial charge in [0, 0.05) is 11.8 Å². The van der Waals surface area contributed by atoms with Gasteiger partial charge in [-0.1, -0.05) is 25.5 Å². The number of Topliss-reactive ketones (excluding diaryl/α,β-unsaturated/α-hetero) is 1. The number of hydrogen-bond acceptors (Lipinski definition) is 3. The van der Waals surface area contributed by atoms with Gasteiger partial charge in [0.15, 0.2) is 5.78 Å². The fourth-order valence-corrected chi connectivity index (χ4v) is 2.19. The van der Waals surface area contributed by atoms with Crippen LogP contribution >= 0.6 is 0 Å². The van der Waals surface area contributed by atoms with E-state index in [0.717, 1.165) is 18.4 Å². The molecule has 1 atom stereocenters. The van der Waals surface area contributed by atoms with E-state index >= 15 is 0 Å². The molecule has 1 aliphatic rings. The molecule has 1 rings (SSSR count). The summed E-state index contributed by atoms with van der Waals surface area (Å²) in [6.07, 6.45) is 2.33. The summed E-state index contributed by atoms with van der Waals surface area (Å²) < 4.78 is 5.53. The number of rotatable bonds is 4. The van der Waals surface area contributed by atoms with E-state index in [0.29, 0.717) is 17.9 Å². The Morgan fingerprint density at radius 3 is 2.61 bits per heavy atom. The molecule has 0 fully saturated rings. The molecule has 0 heterocycles. The Labute approximate surface area is 110 Å². The van der Waals surface area contributed by atoms with E-state index in [9.17, 15) is 9.90 Å². The Morgan fingerprint density at radius 2 is 2.11 bits per heavy atom. The fraction of sp³-hybridized carbons (Fsp3) is 0.667.